The van der Waals surface area contributed by atoms with E-state index in [0.29, 0.717) is 5.56 Å². The predicted molar refractivity (Wildman–Crippen MR) is 259 cm³/mol. The lowest BCUT2D eigenvalue weighted by molar-refractivity contribution is -0.140. The summed E-state index contributed by atoms with van der Waals surface area (Å²) >= 11 is 1.26. The number of phenols is 1. The van der Waals surface area contributed by atoms with Gasteiger partial charge in [0, 0.05) is 38.4 Å². The van der Waals surface area contributed by atoms with Crippen LogP contribution in [0.4, 0.5) is 0 Å². The molecule has 0 saturated carbocycles. The van der Waals surface area contributed by atoms with Crippen molar-refractivity contribution in [3.05, 3.63) is 29.8 Å². The lowest BCUT2D eigenvalue weighted by Crippen LogP contribution is -2.59. The fourth-order valence-electron chi connectivity index (χ4n) is 6.25. The Balaban J connectivity index is 3.46. The summed E-state index contributed by atoms with van der Waals surface area (Å²) < 4.78 is 5.05. The van der Waals surface area contributed by atoms with Gasteiger partial charge >= 0.3 is 11.9 Å². The van der Waals surface area contributed by atoms with Crippen LogP contribution in [0.25, 0.3) is 6.08 Å². The number of phenolic OH excluding ortho intramolecular Hbond substituents is 1. The predicted octanol–water partition coefficient (Wildman–Crippen LogP) is -4.34. The average Bonchev–Trinajstić information content (AvgIpc) is 3.29. The molecule has 0 heterocycles. The van der Waals surface area contributed by atoms with Gasteiger partial charge in [-0.3, -0.25) is 57.9 Å². The van der Waals surface area contributed by atoms with Crippen molar-refractivity contribution in [2.24, 2.45) is 44.4 Å². The largest absolute Gasteiger partial charge is 0.504 e. The molecule has 0 unspecified atom stereocenters. The molecule has 28 nitrogen and oxygen atoms in total. The Kier molecular flexibility index (Phi) is 28.3. The maximum atomic E-state index is 14.0. The van der Waals surface area contributed by atoms with Crippen LogP contribution in [0.2, 0.25) is 0 Å². The third-order valence-electron chi connectivity index (χ3n) is 9.93. The number of rotatable bonds is 35. The Morgan fingerprint density at radius 1 is 0.606 bits per heavy atom. The van der Waals surface area contributed by atoms with E-state index in [1.165, 1.54) is 43.1 Å². The van der Waals surface area contributed by atoms with Crippen LogP contribution in [-0.4, -0.2) is 155 Å². The summed E-state index contributed by atoms with van der Waals surface area (Å²) in [6.45, 7) is 0.117. The van der Waals surface area contributed by atoms with E-state index in [4.69, 9.17) is 39.1 Å². The van der Waals surface area contributed by atoms with E-state index >= 15 is 0 Å². The average molecular weight is 1020 g/mol. The van der Waals surface area contributed by atoms with E-state index in [2.05, 4.69) is 41.9 Å². The van der Waals surface area contributed by atoms with Gasteiger partial charge in [0.1, 0.15) is 36.3 Å². The Morgan fingerprint density at radius 2 is 1.01 bits per heavy atom. The second kappa shape index (κ2) is 32.8. The number of carbonyl (C=O) groups is 10. The first kappa shape index (κ1) is 61.2. The van der Waals surface area contributed by atoms with Gasteiger partial charge in [-0.05, 0) is 87.1 Å². The lowest BCUT2D eigenvalue weighted by Gasteiger charge is -2.27. The number of ether oxygens (including phenoxy) is 1. The number of guanidine groups is 2. The molecule has 0 saturated heterocycles. The topological polar surface area (TPSA) is 494 Å². The zero-order valence-electron chi connectivity index (χ0n) is 39.3. The molecule has 1 aromatic rings. The van der Waals surface area contributed by atoms with Gasteiger partial charge in [0.15, 0.2) is 23.4 Å². The molecule has 0 spiro atoms. The Bertz CT molecular complexity index is 2120. The molecule has 29 heteroatoms. The highest BCUT2D eigenvalue weighted by Gasteiger charge is 2.33. The molecule has 0 aliphatic rings. The monoisotopic (exact) mass is 1020 g/mol. The highest BCUT2D eigenvalue weighted by atomic mass is 32.2. The van der Waals surface area contributed by atoms with Crippen LogP contribution in [0.1, 0.15) is 76.2 Å². The van der Waals surface area contributed by atoms with Crippen LogP contribution in [0.15, 0.2) is 34.3 Å². The van der Waals surface area contributed by atoms with Crippen LogP contribution < -0.4 is 71.0 Å². The first-order valence-corrected chi connectivity index (χ1v) is 23.3. The smallest absolute Gasteiger partial charge is 0.303 e. The molecule has 8 amide bonds. The van der Waals surface area contributed by atoms with Crippen molar-refractivity contribution in [1.82, 2.24) is 31.9 Å². The van der Waals surface area contributed by atoms with Gasteiger partial charge in [0.05, 0.1) is 7.11 Å². The van der Waals surface area contributed by atoms with Gasteiger partial charge in [-0.25, -0.2) is 0 Å². The molecule has 1 rings (SSSR count). The summed E-state index contributed by atoms with van der Waals surface area (Å²) in [6.07, 6.45) is 0.940. The highest BCUT2D eigenvalue weighted by molar-refractivity contribution is 7.98. The summed E-state index contributed by atoms with van der Waals surface area (Å²) in [6, 6.07) is -4.80. The Hall–Kier alpha value is -7.85. The molecular formula is C42H66N14O14S. The quantitative estimate of drug-likeness (QED) is 0.0132. The molecule has 6 atom stereocenters. The van der Waals surface area contributed by atoms with E-state index in [0.717, 1.165) is 6.08 Å². The van der Waals surface area contributed by atoms with Crippen molar-refractivity contribution < 1.29 is 68.0 Å². The number of hydrogen-bond donors (Lipinski definition) is 15. The third kappa shape index (κ3) is 25.9. The number of hydrogen-bond acceptors (Lipinski definition) is 15. The molecule has 71 heavy (non-hydrogen) atoms. The Labute approximate surface area is 412 Å². The van der Waals surface area contributed by atoms with Gasteiger partial charge in [0.2, 0.25) is 47.3 Å². The van der Waals surface area contributed by atoms with Crippen LogP contribution >= 0.6 is 11.8 Å². The zero-order chi connectivity index (χ0) is 53.6. The molecule has 0 aliphatic heterocycles. The molecule has 0 radical (unpaired) electrons. The van der Waals surface area contributed by atoms with Crippen molar-refractivity contribution in [3.63, 3.8) is 0 Å². The Morgan fingerprint density at radius 3 is 1.42 bits per heavy atom. The van der Waals surface area contributed by atoms with Crippen molar-refractivity contribution in [3.8, 4) is 11.5 Å². The number of aliphatic carboxylic acids is 2. The number of aromatic hydroxyl groups is 1. The number of carboxylic acid groups (broad SMARTS) is 2. The minimum atomic E-state index is -1.68. The number of nitrogens with one attached hydrogen (secondary N) is 6. The first-order chi connectivity index (χ1) is 33.5. The van der Waals surface area contributed by atoms with Crippen LogP contribution in [0, 0.1) is 0 Å². The van der Waals surface area contributed by atoms with Crippen molar-refractivity contribution >= 4 is 89.0 Å². The van der Waals surface area contributed by atoms with E-state index in [-0.39, 0.29) is 74.4 Å². The second-order valence-corrected chi connectivity index (χ2v) is 16.6. The van der Waals surface area contributed by atoms with Gasteiger partial charge in [-0.1, -0.05) is 6.07 Å². The molecule has 0 fully saturated rings. The molecule has 394 valence electrons. The SMILES string of the molecule is COc1cc(/C=C/C(=O)N[C@@H](CCC(=O)O)C(=O)N[C@@H](CCC(=O)O)C(=O)N[C@@H](CCSC)C(=O)N[C@@H](CCC(N)=O)C(=O)N[C@@H](CCCN=C(N)N)C(=O)N[C@@H](CCCN=C(N)N)C(N)=O)ccc1O. The number of nitrogens with zero attached hydrogens (tertiary/aromatic N) is 2. The summed E-state index contributed by atoms with van der Waals surface area (Å²) in [7, 11) is 1.31. The van der Waals surface area contributed by atoms with Crippen molar-refractivity contribution in [2.75, 3.05) is 32.2 Å². The summed E-state index contributed by atoms with van der Waals surface area (Å²) in [4.78, 5) is 137. The number of amides is 8. The molecular weight excluding hydrogens is 957 g/mol. The minimum absolute atomic E-state index is 0.00685. The number of aliphatic imine (C=N–C) groups is 2. The zero-order valence-corrected chi connectivity index (χ0v) is 40.2. The maximum Gasteiger partial charge on any atom is 0.303 e. The molecule has 0 bridgehead atoms. The number of primary amides is 2. The molecule has 0 aromatic heterocycles. The number of thioether (sulfide) groups is 1. The molecule has 21 N–H and O–H groups in total. The number of nitrogens with two attached hydrogens (primary N) is 6. The first-order valence-electron chi connectivity index (χ1n) is 22.0. The standard InChI is InChI=1S/C42H66N14O14S/c1-70-30-21-22(7-12-29(30)57)8-14-32(59)51-25(10-15-33(60)61)37(66)55-27(11-16-34(62)63)39(68)56-28(17-20-71-2)40(69)54-26(9-13-31(43)58)38(67)53-24(6-4-19-50-42(47)48)36(65)52-23(35(44)64)5-3-18-49-41(45)46/h7-8,12,14,21,23-28,57H,3-6,9-11,13,15-20H2,1-2H3,(H2,43,58)(H2,44,64)(H,51,59)(H,52,65)(H,53,67)(H,54,69)(H,55,66)(H,56,68)(H,60,61)(H,62,63)(H4,45,46,49)(H4,47,48,50)/b14-8+/t23-,24-,25-,26-,27-,28-/m0/s1. The maximum absolute atomic E-state index is 14.0. The van der Waals surface area contributed by atoms with Crippen LogP contribution in [0.5, 0.6) is 11.5 Å². The van der Waals surface area contributed by atoms with E-state index in [9.17, 15) is 63.3 Å². The fraction of sp³-hybridized carbons (Fsp3) is 0.524. The van der Waals surface area contributed by atoms with E-state index in [1.54, 1.807) is 6.26 Å². The fourth-order valence-corrected chi connectivity index (χ4v) is 6.72. The summed E-state index contributed by atoms with van der Waals surface area (Å²) in [5.74, 6) is -10.7. The second-order valence-electron chi connectivity index (χ2n) is 15.6. The van der Waals surface area contributed by atoms with Gasteiger partial charge in [-0.2, -0.15) is 11.8 Å². The number of carbonyl (C=O) groups excluding carboxylic acids is 8. The number of methoxy groups -OCH3 is 1. The normalized spacial score (nSPS) is 13.3. The van der Waals surface area contributed by atoms with E-state index in [1.807, 2.05) is 0 Å². The van der Waals surface area contributed by atoms with Crippen LogP contribution in [0.3, 0.4) is 0 Å². The highest BCUT2D eigenvalue weighted by Crippen LogP contribution is 2.26. The van der Waals surface area contributed by atoms with Crippen LogP contribution in [-0.2, 0) is 47.9 Å². The third-order valence-corrected chi connectivity index (χ3v) is 10.6. The van der Waals surface area contributed by atoms with Gasteiger partial charge in [-0.15, -0.1) is 0 Å². The molecule has 1 aromatic carbocycles. The number of carboxylic acids is 2. The summed E-state index contributed by atoms with van der Waals surface area (Å²) in [5, 5.41) is 43.3. The van der Waals surface area contributed by atoms with E-state index < -0.39 is 134 Å². The van der Waals surface area contributed by atoms with Crippen molar-refractivity contribution in [2.45, 2.75) is 107 Å². The molecule has 0 aliphatic carbocycles. The number of benzene rings is 1. The van der Waals surface area contributed by atoms with Gasteiger partial charge < -0.3 is 86.4 Å². The summed E-state index contributed by atoms with van der Waals surface area (Å²) in [5.41, 5.74) is 32.8. The minimum Gasteiger partial charge on any atom is -0.504 e. The van der Waals surface area contributed by atoms with Gasteiger partial charge in [0.25, 0.3) is 0 Å². The lowest BCUT2D eigenvalue weighted by atomic mass is 10.0. The van der Waals surface area contributed by atoms with Crippen molar-refractivity contribution in [1.29, 1.82) is 0 Å².